The number of piperazine rings is 1. The first kappa shape index (κ1) is 13.1. The summed E-state index contributed by atoms with van der Waals surface area (Å²) >= 11 is 0. The van der Waals surface area contributed by atoms with Gasteiger partial charge in [-0.15, -0.1) is 0 Å². The van der Waals surface area contributed by atoms with Gasteiger partial charge in [0.05, 0.1) is 0 Å². The number of hydrogen-bond donors (Lipinski definition) is 0. The van der Waals surface area contributed by atoms with Gasteiger partial charge in [0, 0.05) is 31.7 Å². The first-order valence-corrected chi connectivity index (χ1v) is 6.98. The molecule has 2 aromatic rings. The van der Waals surface area contributed by atoms with Gasteiger partial charge in [0.25, 0.3) is 11.8 Å². The van der Waals surface area contributed by atoms with Gasteiger partial charge >= 0.3 is 0 Å². The number of hydrogen-bond acceptors (Lipinski definition) is 5. The van der Waals surface area contributed by atoms with E-state index in [0.29, 0.717) is 11.8 Å². The van der Waals surface area contributed by atoms with Gasteiger partial charge < -0.3 is 14.3 Å². The Morgan fingerprint density at radius 1 is 1.10 bits per heavy atom. The molecule has 20 heavy (non-hydrogen) atoms. The highest BCUT2D eigenvalue weighted by Crippen LogP contribution is 2.24. The van der Waals surface area contributed by atoms with E-state index in [1.165, 1.54) is 11.1 Å². The third kappa shape index (κ3) is 2.54. The smallest absolute Gasteiger partial charge is 0.266 e. The van der Waals surface area contributed by atoms with Crippen molar-refractivity contribution >= 4 is 5.95 Å². The maximum atomic E-state index is 5.44. The fourth-order valence-corrected chi connectivity index (χ4v) is 2.51. The summed E-state index contributed by atoms with van der Waals surface area (Å²) in [6.07, 6.45) is 0. The second kappa shape index (κ2) is 5.25. The molecule has 3 rings (SSSR count). The Hall–Kier alpha value is -1.88. The Bertz CT molecular complexity index is 600. The molecule has 0 atom stereocenters. The summed E-state index contributed by atoms with van der Waals surface area (Å²) in [6.45, 7) is 8.12. The quantitative estimate of drug-likeness (QED) is 0.838. The van der Waals surface area contributed by atoms with Gasteiger partial charge in [-0.3, -0.25) is 0 Å². The zero-order valence-electron chi connectivity index (χ0n) is 12.3. The van der Waals surface area contributed by atoms with E-state index >= 15 is 0 Å². The number of benzene rings is 1. The summed E-state index contributed by atoms with van der Waals surface area (Å²) < 4.78 is 5.44. The molecule has 0 aliphatic carbocycles. The van der Waals surface area contributed by atoms with E-state index in [1.54, 1.807) is 0 Å². The van der Waals surface area contributed by atoms with Crippen molar-refractivity contribution in [1.29, 1.82) is 0 Å². The van der Waals surface area contributed by atoms with Crippen LogP contribution in [0.4, 0.5) is 5.95 Å². The topological polar surface area (TPSA) is 45.4 Å². The standard InChI is InChI=1S/C15H20N4O/c1-11-4-5-13(12(2)10-11)14-16-15(17-20-14)19-8-6-18(3)7-9-19/h4-5,10H,6-9H2,1-3H3. The van der Waals surface area contributed by atoms with Crippen molar-refractivity contribution in [2.75, 3.05) is 38.1 Å². The van der Waals surface area contributed by atoms with Gasteiger partial charge in [-0.25, -0.2) is 0 Å². The largest absolute Gasteiger partial charge is 0.336 e. The number of likely N-dealkylation sites (N-methyl/N-ethyl adjacent to an activating group) is 1. The fourth-order valence-electron chi connectivity index (χ4n) is 2.51. The number of aromatic nitrogens is 2. The molecule has 0 amide bonds. The molecule has 0 N–H and O–H groups in total. The first-order valence-electron chi connectivity index (χ1n) is 6.98. The van der Waals surface area contributed by atoms with Crippen molar-refractivity contribution in [3.63, 3.8) is 0 Å². The Kier molecular flexibility index (Phi) is 3.44. The number of aryl methyl sites for hydroxylation is 2. The highest BCUT2D eigenvalue weighted by molar-refractivity contribution is 5.60. The van der Waals surface area contributed by atoms with Crippen LogP contribution in [-0.4, -0.2) is 48.3 Å². The van der Waals surface area contributed by atoms with Gasteiger partial charge in [0.2, 0.25) is 0 Å². The van der Waals surface area contributed by atoms with Crippen molar-refractivity contribution in [2.45, 2.75) is 13.8 Å². The van der Waals surface area contributed by atoms with E-state index in [1.807, 2.05) is 6.07 Å². The lowest BCUT2D eigenvalue weighted by Crippen LogP contribution is -2.44. The molecule has 0 radical (unpaired) electrons. The number of rotatable bonds is 2. The first-order chi connectivity index (χ1) is 9.63. The monoisotopic (exact) mass is 272 g/mol. The van der Waals surface area contributed by atoms with E-state index in [-0.39, 0.29) is 0 Å². The van der Waals surface area contributed by atoms with Gasteiger partial charge in [-0.2, -0.15) is 4.98 Å². The van der Waals surface area contributed by atoms with Crippen LogP contribution in [0.25, 0.3) is 11.5 Å². The zero-order valence-corrected chi connectivity index (χ0v) is 12.3. The molecule has 106 valence electrons. The molecule has 0 saturated carbocycles. The summed E-state index contributed by atoms with van der Waals surface area (Å²) in [7, 11) is 2.13. The highest BCUT2D eigenvalue weighted by atomic mass is 16.5. The van der Waals surface area contributed by atoms with Gasteiger partial charge in [-0.05, 0) is 37.7 Å². The van der Waals surface area contributed by atoms with Crippen molar-refractivity contribution in [2.24, 2.45) is 0 Å². The molecule has 1 fully saturated rings. The predicted octanol–water partition coefficient (Wildman–Crippen LogP) is 2.11. The molecule has 0 unspecified atom stereocenters. The maximum Gasteiger partial charge on any atom is 0.266 e. The van der Waals surface area contributed by atoms with Gasteiger partial charge in [0.1, 0.15) is 0 Å². The third-order valence-corrected chi connectivity index (χ3v) is 3.81. The molecule has 0 bridgehead atoms. The minimum absolute atomic E-state index is 0.608. The summed E-state index contributed by atoms with van der Waals surface area (Å²) in [4.78, 5) is 9.03. The van der Waals surface area contributed by atoms with Crippen molar-refractivity contribution in [1.82, 2.24) is 15.0 Å². The summed E-state index contributed by atoms with van der Waals surface area (Å²) in [5.41, 5.74) is 3.42. The molecular weight excluding hydrogens is 252 g/mol. The van der Waals surface area contributed by atoms with Crippen molar-refractivity contribution < 1.29 is 4.52 Å². The predicted molar refractivity (Wildman–Crippen MR) is 78.9 cm³/mol. The van der Waals surface area contributed by atoms with Crippen LogP contribution >= 0.6 is 0 Å². The second-order valence-corrected chi connectivity index (χ2v) is 5.51. The van der Waals surface area contributed by atoms with Crippen LogP contribution in [-0.2, 0) is 0 Å². The van der Waals surface area contributed by atoms with Crippen LogP contribution in [0.2, 0.25) is 0 Å². The van der Waals surface area contributed by atoms with Crippen LogP contribution in [0.5, 0.6) is 0 Å². The average Bonchev–Trinajstić information content (AvgIpc) is 2.89. The lowest BCUT2D eigenvalue weighted by molar-refractivity contribution is 0.309. The molecular formula is C15H20N4O. The summed E-state index contributed by atoms with van der Waals surface area (Å²) in [6, 6.07) is 6.25. The average molecular weight is 272 g/mol. The minimum atomic E-state index is 0.608. The molecule has 5 nitrogen and oxygen atoms in total. The Balaban J connectivity index is 1.83. The second-order valence-electron chi connectivity index (χ2n) is 5.51. The van der Waals surface area contributed by atoms with Gasteiger partial charge in [-0.1, -0.05) is 17.7 Å². The third-order valence-electron chi connectivity index (χ3n) is 3.81. The van der Waals surface area contributed by atoms with Gasteiger partial charge in [0.15, 0.2) is 0 Å². The van der Waals surface area contributed by atoms with Crippen LogP contribution in [0.3, 0.4) is 0 Å². The molecule has 1 aliphatic heterocycles. The molecule has 5 heteroatoms. The summed E-state index contributed by atoms with van der Waals surface area (Å²) in [5, 5.41) is 4.13. The number of nitrogens with zero attached hydrogens (tertiary/aromatic N) is 4. The van der Waals surface area contributed by atoms with Crippen molar-refractivity contribution in [3.05, 3.63) is 29.3 Å². The molecule has 1 aliphatic rings. The minimum Gasteiger partial charge on any atom is -0.336 e. The van der Waals surface area contributed by atoms with E-state index in [0.717, 1.165) is 31.7 Å². The highest BCUT2D eigenvalue weighted by Gasteiger charge is 2.20. The van der Waals surface area contributed by atoms with E-state index in [2.05, 4.69) is 53.0 Å². The lowest BCUT2D eigenvalue weighted by Gasteiger charge is -2.31. The molecule has 0 spiro atoms. The van der Waals surface area contributed by atoms with E-state index < -0.39 is 0 Å². The Morgan fingerprint density at radius 3 is 2.55 bits per heavy atom. The SMILES string of the molecule is Cc1ccc(-c2nc(N3CCN(C)CC3)no2)c(C)c1. The summed E-state index contributed by atoms with van der Waals surface area (Å²) in [5.74, 6) is 1.31. The Labute approximate surface area is 119 Å². The van der Waals surface area contributed by atoms with E-state index in [9.17, 15) is 0 Å². The lowest BCUT2D eigenvalue weighted by atomic mass is 10.1. The van der Waals surface area contributed by atoms with Crippen LogP contribution in [0.1, 0.15) is 11.1 Å². The molecule has 1 aromatic heterocycles. The maximum absolute atomic E-state index is 5.44. The zero-order chi connectivity index (χ0) is 14.1. The van der Waals surface area contributed by atoms with Crippen molar-refractivity contribution in [3.8, 4) is 11.5 Å². The molecule has 1 saturated heterocycles. The van der Waals surface area contributed by atoms with Crippen LogP contribution < -0.4 is 4.90 Å². The van der Waals surface area contributed by atoms with Crippen LogP contribution in [0, 0.1) is 13.8 Å². The molecule has 1 aromatic carbocycles. The Morgan fingerprint density at radius 2 is 1.85 bits per heavy atom. The number of anilines is 1. The van der Waals surface area contributed by atoms with E-state index in [4.69, 9.17) is 4.52 Å². The van der Waals surface area contributed by atoms with Crippen LogP contribution in [0.15, 0.2) is 22.7 Å². The molecule has 2 heterocycles. The normalized spacial score (nSPS) is 16.6. The fraction of sp³-hybridized carbons (Fsp3) is 0.467.